The molecular weight excluding hydrogens is 368 g/mol. The highest BCUT2D eigenvalue weighted by Gasteiger charge is 2.16. The lowest BCUT2D eigenvalue weighted by atomic mass is 9.95. The van der Waals surface area contributed by atoms with Gasteiger partial charge in [0.1, 0.15) is 0 Å². The lowest BCUT2D eigenvalue weighted by Crippen LogP contribution is -2.36. The van der Waals surface area contributed by atoms with Crippen molar-refractivity contribution in [2.75, 3.05) is 17.2 Å². The molecule has 2 aromatic carbocycles. The molecule has 0 saturated heterocycles. The molecule has 2 aromatic rings. The molecule has 0 radical (unpaired) electrons. The first kappa shape index (κ1) is 20.4. The molecule has 7 heteroatoms. The molecule has 0 aliphatic heterocycles. The maximum absolute atomic E-state index is 12.3. The Kier molecular flexibility index (Phi) is 6.84. The molecule has 1 fully saturated rings. The Bertz CT molecular complexity index is 874. The van der Waals surface area contributed by atoms with E-state index in [1.54, 1.807) is 42.5 Å². The Labute approximate surface area is 170 Å². The van der Waals surface area contributed by atoms with Gasteiger partial charge in [-0.25, -0.2) is 0 Å². The number of nitrogens with one attached hydrogen (secondary N) is 3. The number of carbonyl (C=O) groups is 3. The highest BCUT2D eigenvalue weighted by molar-refractivity contribution is 5.97. The first-order chi connectivity index (χ1) is 14.0. The minimum absolute atomic E-state index is 0.0500. The normalized spacial score (nSPS) is 14.1. The Morgan fingerprint density at radius 3 is 2.31 bits per heavy atom. The molecule has 29 heavy (non-hydrogen) atoms. The van der Waals surface area contributed by atoms with Crippen LogP contribution in [0.2, 0.25) is 0 Å². The van der Waals surface area contributed by atoms with Crippen molar-refractivity contribution in [3.8, 4) is 0 Å². The lowest BCUT2D eigenvalue weighted by molar-refractivity contribution is -0.114. The van der Waals surface area contributed by atoms with E-state index in [0.29, 0.717) is 16.8 Å². The second kappa shape index (κ2) is 9.73. The van der Waals surface area contributed by atoms with E-state index < -0.39 is 5.91 Å². The molecule has 1 saturated carbocycles. The van der Waals surface area contributed by atoms with E-state index in [9.17, 15) is 14.4 Å². The summed E-state index contributed by atoms with van der Waals surface area (Å²) in [5.41, 5.74) is 7.42. The zero-order valence-electron chi connectivity index (χ0n) is 16.2. The number of hydrogen-bond donors (Lipinski definition) is 4. The van der Waals surface area contributed by atoms with Gasteiger partial charge in [0.2, 0.25) is 11.8 Å². The number of primary amides is 1. The van der Waals surface area contributed by atoms with Crippen LogP contribution in [0.3, 0.4) is 0 Å². The molecule has 3 amide bonds. The maximum Gasteiger partial charge on any atom is 0.251 e. The van der Waals surface area contributed by atoms with Gasteiger partial charge >= 0.3 is 0 Å². The Balaban J connectivity index is 1.48. The standard InChI is InChI=1S/C22H26N4O3/c23-21(28)16-5-4-8-19(13-16)25-20(27)14-24-17-11-9-15(10-12-17)22(29)26-18-6-2-1-3-7-18/h4-5,8-13,18,24H,1-3,6-7,14H2,(H2,23,28)(H,25,27)(H,26,29). The van der Waals surface area contributed by atoms with Gasteiger partial charge in [-0.3, -0.25) is 14.4 Å². The number of benzene rings is 2. The maximum atomic E-state index is 12.3. The van der Waals surface area contributed by atoms with Crippen LogP contribution in [0.1, 0.15) is 52.8 Å². The molecule has 1 aliphatic rings. The van der Waals surface area contributed by atoms with E-state index in [-0.39, 0.29) is 24.4 Å². The third-order valence-electron chi connectivity index (χ3n) is 4.97. The van der Waals surface area contributed by atoms with E-state index >= 15 is 0 Å². The largest absolute Gasteiger partial charge is 0.376 e. The second-order valence-electron chi connectivity index (χ2n) is 7.23. The van der Waals surface area contributed by atoms with Crippen LogP contribution in [-0.2, 0) is 4.79 Å². The molecule has 5 N–H and O–H groups in total. The third-order valence-corrected chi connectivity index (χ3v) is 4.97. The molecular formula is C22H26N4O3. The second-order valence-corrected chi connectivity index (χ2v) is 7.23. The first-order valence-electron chi connectivity index (χ1n) is 9.86. The number of carbonyl (C=O) groups excluding carboxylic acids is 3. The van der Waals surface area contributed by atoms with Crippen LogP contribution < -0.4 is 21.7 Å². The SMILES string of the molecule is NC(=O)c1cccc(NC(=O)CNc2ccc(C(=O)NC3CCCCC3)cc2)c1. The monoisotopic (exact) mass is 394 g/mol. The van der Waals surface area contributed by atoms with E-state index in [2.05, 4.69) is 16.0 Å². The molecule has 0 heterocycles. The first-order valence-corrected chi connectivity index (χ1v) is 9.86. The van der Waals surface area contributed by atoms with E-state index in [1.807, 2.05) is 0 Å². The number of hydrogen-bond acceptors (Lipinski definition) is 4. The van der Waals surface area contributed by atoms with Crippen molar-refractivity contribution in [3.05, 3.63) is 59.7 Å². The van der Waals surface area contributed by atoms with Crippen molar-refractivity contribution in [1.82, 2.24) is 5.32 Å². The summed E-state index contributed by atoms with van der Waals surface area (Å²) in [6.07, 6.45) is 5.67. The third kappa shape index (κ3) is 6.07. The van der Waals surface area contributed by atoms with E-state index in [0.717, 1.165) is 18.5 Å². The molecule has 0 bridgehead atoms. The summed E-state index contributed by atoms with van der Waals surface area (Å²) < 4.78 is 0. The van der Waals surface area contributed by atoms with Crippen molar-refractivity contribution < 1.29 is 14.4 Å². The number of rotatable bonds is 7. The smallest absolute Gasteiger partial charge is 0.251 e. The predicted molar refractivity (Wildman–Crippen MR) is 113 cm³/mol. The van der Waals surface area contributed by atoms with Gasteiger partial charge in [0, 0.05) is 28.5 Å². The zero-order valence-corrected chi connectivity index (χ0v) is 16.2. The summed E-state index contributed by atoms with van der Waals surface area (Å²) in [5, 5.41) is 8.81. The molecule has 152 valence electrons. The van der Waals surface area contributed by atoms with E-state index in [4.69, 9.17) is 5.73 Å². The minimum Gasteiger partial charge on any atom is -0.376 e. The minimum atomic E-state index is -0.549. The average Bonchev–Trinajstić information content (AvgIpc) is 2.73. The number of anilines is 2. The summed E-state index contributed by atoms with van der Waals surface area (Å²) in [5.74, 6) is -0.867. The van der Waals surface area contributed by atoms with Crippen molar-refractivity contribution in [3.63, 3.8) is 0 Å². The van der Waals surface area contributed by atoms with Crippen molar-refractivity contribution in [1.29, 1.82) is 0 Å². The van der Waals surface area contributed by atoms with Gasteiger partial charge in [-0.15, -0.1) is 0 Å². The summed E-state index contributed by atoms with van der Waals surface area (Å²) in [6, 6.07) is 13.8. The van der Waals surface area contributed by atoms with E-state index in [1.165, 1.54) is 25.3 Å². The molecule has 1 aliphatic carbocycles. The highest BCUT2D eigenvalue weighted by atomic mass is 16.2. The van der Waals surface area contributed by atoms with Crippen LogP contribution in [0, 0.1) is 0 Å². The molecule has 7 nitrogen and oxygen atoms in total. The van der Waals surface area contributed by atoms with Crippen LogP contribution in [0.25, 0.3) is 0 Å². The fourth-order valence-corrected chi connectivity index (χ4v) is 3.39. The summed E-state index contributed by atoms with van der Waals surface area (Å²) in [6.45, 7) is 0.0500. The van der Waals surface area contributed by atoms with Crippen LogP contribution in [0.15, 0.2) is 48.5 Å². The molecule has 0 atom stereocenters. The fraction of sp³-hybridized carbons (Fsp3) is 0.318. The van der Waals surface area contributed by atoms with Gasteiger partial charge in [-0.05, 0) is 55.3 Å². The quantitative estimate of drug-likeness (QED) is 0.578. The number of nitrogens with two attached hydrogens (primary N) is 1. The molecule has 3 rings (SSSR count). The summed E-state index contributed by atoms with van der Waals surface area (Å²) in [7, 11) is 0. The average molecular weight is 394 g/mol. The number of amides is 3. The van der Waals surface area contributed by atoms with Crippen molar-refractivity contribution in [2.24, 2.45) is 5.73 Å². The van der Waals surface area contributed by atoms with Crippen LogP contribution in [0.5, 0.6) is 0 Å². The molecule has 0 spiro atoms. The predicted octanol–water partition coefficient (Wildman–Crippen LogP) is 2.90. The Hall–Kier alpha value is -3.35. The van der Waals surface area contributed by atoms with Gasteiger partial charge < -0.3 is 21.7 Å². The summed E-state index contributed by atoms with van der Waals surface area (Å²) >= 11 is 0. The van der Waals surface area contributed by atoms with Gasteiger partial charge in [0.05, 0.1) is 6.54 Å². The van der Waals surface area contributed by atoms with Gasteiger partial charge in [0.25, 0.3) is 5.91 Å². The van der Waals surface area contributed by atoms with Crippen LogP contribution in [0.4, 0.5) is 11.4 Å². The lowest BCUT2D eigenvalue weighted by Gasteiger charge is -2.22. The topological polar surface area (TPSA) is 113 Å². The Morgan fingerprint density at radius 1 is 0.897 bits per heavy atom. The van der Waals surface area contributed by atoms with Gasteiger partial charge in [-0.2, -0.15) is 0 Å². The fourth-order valence-electron chi connectivity index (χ4n) is 3.39. The molecule has 0 aromatic heterocycles. The van der Waals surface area contributed by atoms with Crippen molar-refractivity contribution in [2.45, 2.75) is 38.1 Å². The van der Waals surface area contributed by atoms with Gasteiger partial charge in [0.15, 0.2) is 0 Å². The van der Waals surface area contributed by atoms with Gasteiger partial charge in [-0.1, -0.05) is 25.3 Å². The van der Waals surface area contributed by atoms with Crippen molar-refractivity contribution >= 4 is 29.1 Å². The molecule has 0 unspecified atom stereocenters. The highest BCUT2D eigenvalue weighted by Crippen LogP contribution is 2.18. The van der Waals surface area contributed by atoms with Crippen LogP contribution >= 0.6 is 0 Å². The summed E-state index contributed by atoms with van der Waals surface area (Å²) in [4.78, 5) is 35.7. The van der Waals surface area contributed by atoms with Crippen LogP contribution in [-0.4, -0.2) is 30.3 Å². The Morgan fingerprint density at radius 2 is 1.62 bits per heavy atom. The zero-order chi connectivity index (χ0) is 20.6.